The van der Waals surface area contributed by atoms with Gasteiger partial charge in [-0.25, -0.2) is 4.39 Å². The minimum absolute atomic E-state index is 0.226. The zero-order valence-corrected chi connectivity index (χ0v) is 24.1. The van der Waals surface area contributed by atoms with Gasteiger partial charge in [-0.2, -0.15) is 0 Å². The molecule has 0 bridgehead atoms. The van der Waals surface area contributed by atoms with Crippen LogP contribution in [0.2, 0.25) is 0 Å². The molecule has 2 aromatic carbocycles. The van der Waals surface area contributed by atoms with E-state index in [2.05, 4.69) is 103 Å². The van der Waals surface area contributed by atoms with E-state index in [1.54, 1.807) is 12.1 Å². The van der Waals surface area contributed by atoms with E-state index >= 15 is 0 Å². The molecule has 0 aromatic heterocycles. The van der Waals surface area contributed by atoms with Crippen molar-refractivity contribution in [3.05, 3.63) is 122 Å². The van der Waals surface area contributed by atoms with E-state index < -0.39 is 0 Å². The smallest absolute Gasteiger partial charge is 0.123 e. The van der Waals surface area contributed by atoms with Crippen LogP contribution in [0.5, 0.6) is 0 Å². The summed E-state index contributed by atoms with van der Waals surface area (Å²) in [5, 5.41) is 0. The van der Waals surface area contributed by atoms with Crippen molar-refractivity contribution < 1.29 is 4.39 Å². The number of halogens is 1. The Kier molecular flexibility index (Phi) is 18.3. The molecular formula is C33H49FN2. The number of nitrogens with zero attached hydrogens (tertiary/aromatic N) is 2. The Labute approximate surface area is 221 Å². The van der Waals surface area contributed by atoms with Crippen LogP contribution >= 0.6 is 0 Å². The van der Waals surface area contributed by atoms with Crippen molar-refractivity contribution in [3.63, 3.8) is 0 Å². The van der Waals surface area contributed by atoms with Crippen LogP contribution in [0.15, 0.2) is 99.3 Å². The third-order valence-electron chi connectivity index (χ3n) is 4.87. The van der Waals surface area contributed by atoms with Gasteiger partial charge in [0.25, 0.3) is 0 Å². The summed E-state index contributed by atoms with van der Waals surface area (Å²) in [6.45, 7) is 36.8. The van der Waals surface area contributed by atoms with Crippen LogP contribution < -0.4 is 4.90 Å². The first-order chi connectivity index (χ1) is 17.1. The van der Waals surface area contributed by atoms with Crippen molar-refractivity contribution in [2.24, 2.45) is 5.92 Å². The lowest BCUT2D eigenvalue weighted by atomic mass is 10.0. The van der Waals surface area contributed by atoms with Gasteiger partial charge in [0.1, 0.15) is 5.82 Å². The second-order valence-corrected chi connectivity index (χ2v) is 8.70. The van der Waals surface area contributed by atoms with Crippen LogP contribution in [0.4, 0.5) is 10.1 Å². The lowest BCUT2D eigenvalue weighted by molar-refractivity contribution is 0.516. The normalized spacial score (nSPS) is 12.7. The van der Waals surface area contributed by atoms with Gasteiger partial charge in [0.05, 0.1) is 0 Å². The van der Waals surface area contributed by atoms with E-state index in [1.807, 2.05) is 25.8 Å². The average Bonchev–Trinajstić information content (AvgIpc) is 3.24. The third-order valence-corrected chi connectivity index (χ3v) is 4.87. The summed E-state index contributed by atoms with van der Waals surface area (Å²) >= 11 is 0. The number of aryl methyl sites for hydroxylation is 2. The Morgan fingerprint density at radius 2 is 1.44 bits per heavy atom. The Balaban J connectivity index is 0. The fourth-order valence-corrected chi connectivity index (χ4v) is 3.23. The van der Waals surface area contributed by atoms with Crippen LogP contribution in [0.3, 0.4) is 0 Å². The van der Waals surface area contributed by atoms with Crippen LogP contribution in [0.1, 0.15) is 51.3 Å². The third kappa shape index (κ3) is 11.9. The quantitative estimate of drug-likeness (QED) is 0.392. The number of anilines is 1. The van der Waals surface area contributed by atoms with Crippen LogP contribution in [0.25, 0.3) is 5.70 Å². The first-order valence-corrected chi connectivity index (χ1v) is 12.5. The molecule has 0 aliphatic carbocycles. The van der Waals surface area contributed by atoms with Crippen LogP contribution in [0, 0.1) is 25.6 Å². The zero-order chi connectivity index (χ0) is 28.4. The summed E-state index contributed by atoms with van der Waals surface area (Å²) in [7, 11) is 1.97. The maximum absolute atomic E-state index is 13.1. The van der Waals surface area contributed by atoms with E-state index in [9.17, 15) is 4.39 Å². The van der Waals surface area contributed by atoms with Gasteiger partial charge in [0.15, 0.2) is 0 Å². The molecule has 1 aliphatic rings. The molecule has 0 unspecified atom stereocenters. The van der Waals surface area contributed by atoms with Crippen LogP contribution in [-0.2, 0) is 0 Å². The first kappa shape index (κ1) is 34.8. The van der Waals surface area contributed by atoms with Gasteiger partial charge in [-0.15, -0.1) is 26.3 Å². The number of benzene rings is 2. The molecule has 0 spiro atoms. The summed E-state index contributed by atoms with van der Waals surface area (Å²) in [4.78, 5) is 4.26. The van der Waals surface area contributed by atoms with Gasteiger partial charge in [0, 0.05) is 43.3 Å². The standard InChI is InChI=1S/C23H25FN2.C4H10.C2H6.2C2H4/c1-16-6-7-17(2)23(12-16)19(4)26-13-18(3)20(15-26)14-25(5)22-10-8-21(24)9-11-22;1-4(2)3;3*1-2/h6-12,14H,3-4,13,15H2,1-2,5H3;4H,1-3H3;1-2H3;2*1-2H2/b20-14-;;;;. The molecule has 3 heteroatoms. The molecule has 1 saturated heterocycles. The van der Waals surface area contributed by atoms with Crippen molar-refractivity contribution in [3.8, 4) is 0 Å². The molecule has 0 atom stereocenters. The molecule has 1 fully saturated rings. The maximum atomic E-state index is 13.1. The summed E-state index contributed by atoms with van der Waals surface area (Å²) in [5.41, 5.74) is 7.88. The van der Waals surface area contributed by atoms with Gasteiger partial charge in [-0.1, -0.05) is 65.5 Å². The molecule has 36 heavy (non-hydrogen) atoms. The molecule has 0 amide bonds. The van der Waals surface area contributed by atoms with E-state index in [4.69, 9.17) is 0 Å². The number of likely N-dealkylation sites (tertiary alicyclic amines) is 1. The number of hydrogen-bond donors (Lipinski definition) is 0. The monoisotopic (exact) mass is 492 g/mol. The zero-order valence-electron chi connectivity index (χ0n) is 24.1. The molecule has 1 aliphatic heterocycles. The average molecular weight is 493 g/mol. The second kappa shape index (κ2) is 18.9. The fourth-order valence-electron chi connectivity index (χ4n) is 3.23. The predicted octanol–water partition coefficient (Wildman–Crippen LogP) is 9.60. The van der Waals surface area contributed by atoms with Gasteiger partial charge in [0.2, 0.25) is 0 Å². The summed E-state index contributed by atoms with van der Waals surface area (Å²) in [5.74, 6) is 0.607. The highest BCUT2D eigenvalue weighted by Gasteiger charge is 2.23. The highest BCUT2D eigenvalue weighted by atomic mass is 19.1. The Morgan fingerprint density at radius 1 is 0.944 bits per heavy atom. The predicted molar refractivity (Wildman–Crippen MR) is 163 cm³/mol. The number of hydrogen-bond acceptors (Lipinski definition) is 2. The lowest BCUT2D eigenvalue weighted by Gasteiger charge is -2.22. The molecule has 2 aromatic rings. The van der Waals surface area contributed by atoms with Crippen LogP contribution in [-0.4, -0.2) is 25.0 Å². The van der Waals surface area contributed by atoms with Crippen molar-refractivity contribution in [2.75, 3.05) is 25.0 Å². The minimum atomic E-state index is -0.226. The molecule has 0 N–H and O–H groups in total. The van der Waals surface area contributed by atoms with E-state index in [0.717, 1.165) is 36.0 Å². The second-order valence-electron chi connectivity index (χ2n) is 8.70. The first-order valence-electron chi connectivity index (χ1n) is 12.5. The molecule has 1 heterocycles. The van der Waals surface area contributed by atoms with E-state index in [1.165, 1.54) is 34.4 Å². The molecule has 0 radical (unpaired) electrons. The minimum Gasteiger partial charge on any atom is -0.363 e. The topological polar surface area (TPSA) is 6.48 Å². The van der Waals surface area contributed by atoms with Crippen molar-refractivity contribution in [1.82, 2.24) is 4.90 Å². The summed E-state index contributed by atoms with van der Waals surface area (Å²) in [6.07, 6.45) is 2.08. The van der Waals surface area contributed by atoms with E-state index in [-0.39, 0.29) is 5.82 Å². The maximum Gasteiger partial charge on any atom is 0.123 e. The largest absolute Gasteiger partial charge is 0.363 e. The van der Waals surface area contributed by atoms with Gasteiger partial charge in [-0.05, 0) is 66.8 Å². The molecule has 2 nitrogen and oxygen atoms in total. The highest BCUT2D eigenvalue weighted by Crippen LogP contribution is 2.30. The summed E-state index contributed by atoms with van der Waals surface area (Å²) in [6, 6.07) is 12.9. The molecular weight excluding hydrogens is 443 g/mol. The van der Waals surface area contributed by atoms with Crippen molar-refractivity contribution in [1.29, 1.82) is 0 Å². The van der Waals surface area contributed by atoms with Crippen molar-refractivity contribution in [2.45, 2.75) is 48.5 Å². The molecule has 3 rings (SSSR count). The van der Waals surface area contributed by atoms with Crippen molar-refractivity contribution >= 4 is 11.4 Å². The summed E-state index contributed by atoms with van der Waals surface area (Å²) < 4.78 is 13.1. The Bertz CT molecular complexity index is 949. The van der Waals surface area contributed by atoms with Gasteiger partial charge < -0.3 is 9.80 Å². The highest BCUT2D eigenvalue weighted by molar-refractivity contribution is 5.67. The van der Waals surface area contributed by atoms with Gasteiger partial charge in [-0.3, -0.25) is 0 Å². The molecule has 0 saturated carbocycles. The SMILES string of the molecule is C=C.C=C.C=C1CN(C(=C)c2cc(C)ccc2C)C/C1=C/N(C)c1ccc(F)cc1.CC.CC(C)C. The van der Waals surface area contributed by atoms with E-state index in [0.29, 0.717) is 0 Å². The number of rotatable bonds is 4. The Morgan fingerprint density at radius 3 is 1.94 bits per heavy atom. The Hall–Kier alpha value is -3.33. The molecule has 198 valence electrons. The lowest BCUT2D eigenvalue weighted by Crippen LogP contribution is -2.18. The van der Waals surface area contributed by atoms with Gasteiger partial charge >= 0.3 is 0 Å². The fraction of sp³-hybridized carbons (Fsp3) is 0.333.